The normalized spacial score (nSPS) is 24.9. The van der Waals surface area contributed by atoms with Crippen molar-refractivity contribution in [3.05, 3.63) is 11.8 Å². The molecular weight excluding hydrogens is 238 g/mol. The first-order chi connectivity index (χ1) is 9.34. The fourth-order valence-electron chi connectivity index (χ4n) is 3.11. The van der Waals surface area contributed by atoms with Crippen molar-refractivity contribution in [3.63, 3.8) is 0 Å². The number of hydrogen-bond acceptors (Lipinski definition) is 3. The maximum absolute atomic E-state index is 12.6. The van der Waals surface area contributed by atoms with E-state index in [-0.39, 0.29) is 0 Å². The van der Waals surface area contributed by atoms with Crippen molar-refractivity contribution in [2.45, 2.75) is 44.6 Å². The molecule has 1 saturated heterocycles. The number of nitrogens with one attached hydrogen (secondary N) is 1. The van der Waals surface area contributed by atoms with Gasteiger partial charge in [0.1, 0.15) is 0 Å². The molecule has 0 aromatic heterocycles. The highest BCUT2D eigenvalue weighted by Crippen LogP contribution is 2.33. The molecule has 0 aromatic carbocycles. The first kappa shape index (κ1) is 13.1. The van der Waals surface area contributed by atoms with Crippen LogP contribution in [0, 0.1) is 0 Å². The van der Waals surface area contributed by atoms with Crippen LogP contribution in [-0.2, 0) is 4.79 Å². The number of allylic oxidation sites excluding steroid dienone is 2. The van der Waals surface area contributed by atoms with Crippen LogP contribution in [0.4, 0.5) is 0 Å². The summed E-state index contributed by atoms with van der Waals surface area (Å²) in [6, 6.07) is 0.514. The molecule has 0 bridgehead atoms. The highest BCUT2D eigenvalue weighted by molar-refractivity contribution is 5.80. The summed E-state index contributed by atoms with van der Waals surface area (Å²) in [5.74, 6) is 0.331. The van der Waals surface area contributed by atoms with Crippen LogP contribution in [0.1, 0.15) is 38.5 Å². The van der Waals surface area contributed by atoms with Crippen molar-refractivity contribution in [3.8, 4) is 0 Å². The number of rotatable bonds is 4. The molecule has 2 aliphatic carbocycles. The minimum atomic E-state index is 0.331. The first-order valence-corrected chi connectivity index (χ1v) is 7.79. The van der Waals surface area contributed by atoms with Gasteiger partial charge in [0.25, 0.3) is 0 Å². The van der Waals surface area contributed by atoms with Crippen molar-refractivity contribution in [2.24, 2.45) is 0 Å². The van der Waals surface area contributed by atoms with Gasteiger partial charge in [-0.15, -0.1) is 0 Å². The van der Waals surface area contributed by atoms with Crippen LogP contribution in [0.25, 0.3) is 0 Å². The zero-order valence-electron chi connectivity index (χ0n) is 11.7. The van der Waals surface area contributed by atoms with Crippen LogP contribution in [0.15, 0.2) is 11.8 Å². The van der Waals surface area contributed by atoms with Crippen molar-refractivity contribution >= 4 is 5.91 Å². The minimum absolute atomic E-state index is 0.331. The van der Waals surface area contributed by atoms with Gasteiger partial charge >= 0.3 is 0 Å². The number of carbonyl (C=O) groups excluding carboxylic acids is 1. The van der Waals surface area contributed by atoms with Crippen LogP contribution in [-0.4, -0.2) is 54.5 Å². The second kappa shape index (κ2) is 6.06. The molecule has 3 rings (SSSR count). The van der Waals surface area contributed by atoms with E-state index in [1.807, 2.05) is 0 Å². The largest absolute Gasteiger partial charge is 0.314 e. The summed E-state index contributed by atoms with van der Waals surface area (Å²) in [6.45, 7) is 4.64. The molecule has 4 heteroatoms. The minimum Gasteiger partial charge on any atom is -0.314 e. The molecule has 1 amide bonds. The Kier molecular flexibility index (Phi) is 4.18. The lowest BCUT2D eigenvalue weighted by atomic mass is 10.0. The van der Waals surface area contributed by atoms with E-state index >= 15 is 0 Å². The molecule has 0 unspecified atom stereocenters. The fourth-order valence-corrected chi connectivity index (χ4v) is 3.11. The zero-order valence-corrected chi connectivity index (χ0v) is 11.7. The molecule has 4 nitrogen and oxygen atoms in total. The molecule has 1 aliphatic heterocycles. The number of amides is 1. The lowest BCUT2D eigenvalue weighted by Gasteiger charge is -2.32. The zero-order chi connectivity index (χ0) is 13.1. The molecule has 1 heterocycles. The Bertz CT molecular complexity index is 356. The molecule has 0 spiro atoms. The predicted octanol–water partition coefficient (Wildman–Crippen LogP) is 1.34. The van der Waals surface area contributed by atoms with E-state index < -0.39 is 0 Å². The second-order valence-electron chi connectivity index (χ2n) is 5.96. The van der Waals surface area contributed by atoms with Crippen LogP contribution in [0.2, 0.25) is 0 Å². The standard InChI is InChI=1S/C15H25N3O/c19-15(12-17-10-8-16-9-11-17)18(14-6-7-14)13-4-2-1-3-5-13/h4,14,16H,1-3,5-12H2. The number of nitrogens with zero attached hydrogens (tertiary/aromatic N) is 2. The summed E-state index contributed by atoms with van der Waals surface area (Å²) < 4.78 is 0. The summed E-state index contributed by atoms with van der Waals surface area (Å²) in [4.78, 5) is 17.0. The van der Waals surface area contributed by atoms with Gasteiger partial charge in [0.05, 0.1) is 6.54 Å². The molecule has 0 atom stereocenters. The average molecular weight is 263 g/mol. The average Bonchev–Trinajstić information content (AvgIpc) is 3.26. The molecule has 2 fully saturated rings. The number of hydrogen-bond donors (Lipinski definition) is 1. The Balaban J connectivity index is 1.62. The highest BCUT2D eigenvalue weighted by Gasteiger charge is 2.35. The third-order valence-electron chi connectivity index (χ3n) is 4.33. The smallest absolute Gasteiger partial charge is 0.241 e. The highest BCUT2D eigenvalue weighted by atomic mass is 16.2. The van der Waals surface area contributed by atoms with E-state index in [2.05, 4.69) is 21.2 Å². The third kappa shape index (κ3) is 3.37. The lowest BCUT2D eigenvalue weighted by Crippen LogP contribution is -2.48. The van der Waals surface area contributed by atoms with Crippen LogP contribution in [0.3, 0.4) is 0 Å². The van der Waals surface area contributed by atoms with Crippen LogP contribution >= 0.6 is 0 Å². The quantitative estimate of drug-likeness (QED) is 0.831. The first-order valence-electron chi connectivity index (χ1n) is 7.79. The van der Waals surface area contributed by atoms with E-state index in [1.165, 1.54) is 31.4 Å². The molecule has 19 heavy (non-hydrogen) atoms. The van der Waals surface area contributed by atoms with Gasteiger partial charge < -0.3 is 10.2 Å². The van der Waals surface area contributed by atoms with E-state index in [4.69, 9.17) is 0 Å². The summed E-state index contributed by atoms with van der Waals surface area (Å²) in [7, 11) is 0. The molecule has 3 aliphatic rings. The van der Waals surface area contributed by atoms with E-state index in [0.29, 0.717) is 18.5 Å². The molecule has 106 valence electrons. The van der Waals surface area contributed by atoms with Crippen LogP contribution < -0.4 is 5.32 Å². The lowest BCUT2D eigenvalue weighted by molar-refractivity contribution is -0.131. The Morgan fingerprint density at radius 1 is 1.32 bits per heavy atom. The summed E-state index contributed by atoms with van der Waals surface area (Å²) >= 11 is 0. The third-order valence-corrected chi connectivity index (χ3v) is 4.33. The Morgan fingerprint density at radius 2 is 2.11 bits per heavy atom. The van der Waals surface area contributed by atoms with Gasteiger partial charge in [-0.1, -0.05) is 6.08 Å². The number of carbonyl (C=O) groups is 1. The van der Waals surface area contributed by atoms with Gasteiger partial charge in [0.2, 0.25) is 5.91 Å². The Labute approximate surface area is 115 Å². The summed E-state index contributed by atoms with van der Waals surface area (Å²) in [5, 5.41) is 3.34. The SMILES string of the molecule is O=C(CN1CCNCC1)N(C1=CCCCC1)C1CC1. The Morgan fingerprint density at radius 3 is 2.74 bits per heavy atom. The molecule has 0 aromatic rings. The number of piperazine rings is 1. The van der Waals surface area contributed by atoms with Gasteiger partial charge in [-0.25, -0.2) is 0 Å². The topological polar surface area (TPSA) is 35.6 Å². The summed E-state index contributed by atoms with van der Waals surface area (Å²) in [5.41, 5.74) is 1.31. The van der Waals surface area contributed by atoms with Gasteiger partial charge in [-0.3, -0.25) is 9.69 Å². The van der Waals surface area contributed by atoms with Gasteiger partial charge in [-0.05, 0) is 38.5 Å². The van der Waals surface area contributed by atoms with E-state index in [9.17, 15) is 4.79 Å². The molecule has 1 saturated carbocycles. The molecule has 1 N–H and O–H groups in total. The van der Waals surface area contributed by atoms with Gasteiger partial charge in [-0.2, -0.15) is 0 Å². The predicted molar refractivity (Wildman–Crippen MR) is 75.7 cm³/mol. The maximum atomic E-state index is 12.6. The maximum Gasteiger partial charge on any atom is 0.241 e. The van der Waals surface area contributed by atoms with Gasteiger partial charge in [0, 0.05) is 37.9 Å². The van der Waals surface area contributed by atoms with E-state index in [0.717, 1.165) is 39.0 Å². The molecule has 0 radical (unpaired) electrons. The fraction of sp³-hybridized carbons (Fsp3) is 0.800. The van der Waals surface area contributed by atoms with Crippen molar-refractivity contribution in [2.75, 3.05) is 32.7 Å². The monoisotopic (exact) mass is 263 g/mol. The summed E-state index contributed by atoms with van der Waals surface area (Å²) in [6.07, 6.45) is 9.49. The second-order valence-corrected chi connectivity index (χ2v) is 5.96. The van der Waals surface area contributed by atoms with Crippen LogP contribution in [0.5, 0.6) is 0 Å². The van der Waals surface area contributed by atoms with Crippen molar-refractivity contribution in [1.82, 2.24) is 15.1 Å². The van der Waals surface area contributed by atoms with Crippen molar-refractivity contribution < 1.29 is 4.79 Å². The Hall–Kier alpha value is -0.870. The van der Waals surface area contributed by atoms with Crippen molar-refractivity contribution in [1.29, 1.82) is 0 Å². The van der Waals surface area contributed by atoms with E-state index in [1.54, 1.807) is 0 Å². The molecular formula is C15H25N3O. The van der Waals surface area contributed by atoms with Gasteiger partial charge in [0.15, 0.2) is 0 Å².